The lowest BCUT2D eigenvalue weighted by atomic mass is 9.84. The van der Waals surface area contributed by atoms with Crippen molar-refractivity contribution in [3.63, 3.8) is 0 Å². The molecule has 0 saturated heterocycles. The van der Waals surface area contributed by atoms with Crippen molar-refractivity contribution in [1.82, 2.24) is 0 Å². The van der Waals surface area contributed by atoms with Gasteiger partial charge in [0.05, 0.1) is 0 Å². The van der Waals surface area contributed by atoms with Crippen molar-refractivity contribution in [2.45, 2.75) is 0 Å². The molecule has 0 aliphatic heterocycles. The standard InChI is InChI=1S/C66H43NS/c1-3-16-48(17-4-1)65-60-26-10-9-24-57(60)58-39-35-51(42-62(58)66(65)49-18-5-2-6-19-49)50-21-13-22-53(41-50)67(54-38-40-64-61(43-54)59-25-11-12-28-63(59)68-64)52-36-33-45(34-37-52)44-29-31-47(32-30-44)56-27-14-20-46-15-7-8-23-55(46)56/h1-43H. The van der Waals surface area contributed by atoms with Gasteiger partial charge in [-0.1, -0.05) is 206 Å². The molecule has 0 saturated carbocycles. The van der Waals surface area contributed by atoms with E-state index in [9.17, 15) is 0 Å². The van der Waals surface area contributed by atoms with Crippen LogP contribution in [0.5, 0.6) is 0 Å². The van der Waals surface area contributed by atoms with Crippen molar-refractivity contribution in [1.29, 1.82) is 0 Å². The monoisotopic (exact) mass is 881 g/mol. The molecule has 1 heterocycles. The molecular formula is C66H43NS. The maximum absolute atomic E-state index is 2.42. The molecule has 0 aliphatic rings. The van der Waals surface area contributed by atoms with Gasteiger partial charge in [0, 0.05) is 37.2 Å². The van der Waals surface area contributed by atoms with Gasteiger partial charge in [-0.2, -0.15) is 0 Å². The van der Waals surface area contributed by atoms with Crippen LogP contribution in [-0.2, 0) is 0 Å². The lowest BCUT2D eigenvalue weighted by molar-refractivity contribution is 1.29. The molecule has 2 heteroatoms. The fourth-order valence-corrected chi connectivity index (χ4v) is 11.5. The van der Waals surface area contributed by atoms with E-state index in [0.717, 1.165) is 22.6 Å². The predicted octanol–water partition coefficient (Wildman–Crippen LogP) is 19.3. The highest BCUT2D eigenvalue weighted by atomic mass is 32.1. The zero-order chi connectivity index (χ0) is 45.0. The Labute approximate surface area is 400 Å². The summed E-state index contributed by atoms with van der Waals surface area (Å²) in [5.74, 6) is 0. The van der Waals surface area contributed by atoms with Crippen LogP contribution in [0.25, 0.3) is 108 Å². The van der Waals surface area contributed by atoms with Gasteiger partial charge in [0.25, 0.3) is 0 Å². The van der Waals surface area contributed by atoms with Gasteiger partial charge in [-0.05, 0) is 143 Å². The highest BCUT2D eigenvalue weighted by Crippen LogP contribution is 2.47. The third-order valence-corrected chi connectivity index (χ3v) is 14.8. The molecule has 12 aromatic carbocycles. The number of benzene rings is 12. The Kier molecular flexibility index (Phi) is 9.77. The van der Waals surface area contributed by atoms with Gasteiger partial charge in [-0.25, -0.2) is 0 Å². The van der Waals surface area contributed by atoms with Gasteiger partial charge >= 0.3 is 0 Å². The van der Waals surface area contributed by atoms with Crippen molar-refractivity contribution in [3.8, 4) is 55.6 Å². The SMILES string of the molecule is c1ccc(-c2c(-c3ccccc3)c3cc(-c4cccc(N(c5ccc(-c6ccc(-c7cccc8ccccc78)cc6)cc5)c5ccc6sc7ccccc7c6c5)c4)ccc3c3ccccc23)cc1. The molecule has 0 unspecified atom stereocenters. The van der Waals surface area contributed by atoms with Crippen molar-refractivity contribution in [3.05, 3.63) is 261 Å². The summed E-state index contributed by atoms with van der Waals surface area (Å²) in [6.07, 6.45) is 0. The van der Waals surface area contributed by atoms with Gasteiger partial charge in [0.15, 0.2) is 0 Å². The molecule has 0 aliphatic carbocycles. The number of nitrogens with zero attached hydrogens (tertiary/aromatic N) is 1. The number of rotatable bonds is 8. The Morgan fingerprint density at radius 3 is 1.50 bits per heavy atom. The summed E-state index contributed by atoms with van der Waals surface area (Å²) in [5.41, 5.74) is 15.4. The van der Waals surface area contributed by atoms with Gasteiger partial charge < -0.3 is 4.90 Å². The first kappa shape index (κ1) is 39.8. The molecule has 13 rings (SSSR count). The summed E-state index contributed by atoms with van der Waals surface area (Å²) < 4.78 is 2.59. The zero-order valence-corrected chi connectivity index (χ0v) is 38.0. The quantitative estimate of drug-likeness (QED) is 0.137. The Balaban J connectivity index is 0.940. The Bertz CT molecular complexity index is 3990. The van der Waals surface area contributed by atoms with Crippen molar-refractivity contribution in [2.75, 3.05) is 4.90 Å². The summed E-state index contributed by atoms with van der Waals surface area (Å²) in [5, 5.41) is 10.1. The van der Waals surface area contributed by atoms with E-state index in [4.69, 9.17) is 0 Å². The second-order valence-electron chi connectivity index (χ2n) is 17.6. The zero-order valence-electron chi connectivity index (χ0n) is 37.2. The van der Waals surface area contributed by atoms with Crippen LogP contribution < -0.4 is 4.90 Å². The van der Waals surface area contributed by atoms with Crippen LogP contribution in [0.1, 0.15) is 0 Å². The molecule has 1 nitrogen and oxygen atoms in total. The largest absolute Gasteiger partial charge is 0.310 e. The van der Waals surface area contributed by atoms with Crippen LogP contribution in [0, 0.1) is 0 Å². The molecule has 0 radical (unpaired) electrons. The Hall–Kier alpha value is -8.56. The topological polar surface area (TPSA) is 3.24 Å². The van der Waals surface area contributed by atoms with E-state index in [0.29, 0.717) is 0 Å². The number of thiophene rings is 1. The van der Waals surface area contributed by atoms with E-state index in [1.54, 1.807) is 0 Å². The molecule has 0 atom stereocenters. The normalized spacial score (nSPS) is 11.5. The van der Waals surface area contributed by atoms with Gasteiger partial charge in [0.1, 0.15) is 0 Å². The Morgan fingerprint density at radius 1 is 0.235 bits per heavy atom. The number of hydrogen-bond donors (Lipinski definition) is 0. The smallest absolute Gasteiger partial charge is 0.0468 e. The minimum atomic E-state index is 1.10. The lowest BCUT2D eigenvalue weighted by Crippen LogP contribution is -2.10. The molecule has 13 aromatic rings. The molecule has 1 aromatic heterocycles. The van der Waals surface area contributed by atoms with Crippen molar-refractivity contribution >= 4 is 80.9 Å². The van der Waals surface area contributed by atoms with Gasteiger partial charge in [-0.15, -0.1) is 11.3 Å². The first-order valence-electron chi connectivity index (χ1n) is 23.3. The van der Waals surface area contributed by atoms with Crippen molar-refractivity contribution in [2.24, 2.45) is 0 Å². The van der Waals surface area contributed by atoms with E-state index in [-0.39, 0.29) is 0 Å². The average molecular weight is 882 g/mol. The number of hydrogen-bond acceptors (Lipinski definition) is 2. The third kappa shape index (κ3) is 6.93. The highest BCUT2D eigenvalue weighted by Gasteiger charge is 2.20. The average Bonchev–Trinajstić information content (AvgIpc) is 3.79. The van der Waals surface area contributed by atoms with Crippen LogP contribution in [0.15, 0.2) is 261 Å². The summed E-state index contributed by atoms with van der Waals surface area (Å²) >= 11 is 1.85. The molecule has 318 valence electrons. The Morgan fingerprint density at radius 2 is 0.735 bits per heavy atom. The maximum Gasteiger partial charge on any atom is 0.0468 e. The fraction of sp³-hybridized carbons (Fsp3) is 0. The first-order valence-corrected chi connectivity index (χ1v) is 24.1. The molecule has 0 fully saturated rings. The number of anilines is 3. The van der Waals surface area contributed by atoms with Crippen LogP contribution in [0.3, 0.4) is 0 Å². The highest BCUT2D eigenvalue weighted by molar-refractivity contribution is 7.25. The van der Waals surface area contributed by atoms with E-state index < -0.39 is 0 Å². The second-order valence-corrected chi connectivity index (χ2v) is 18.7. The first-order chi connectivity index (χ1) is 33.7. The molecule has 0 spiro atoms. The maximum atomic E-state index is 2.42. The summed E-state index contributed by atoms with van der Waals surface area (Å²) in [6.45, 7) is 0. The molecule has 0 amide bonds. The van der Waals surface area contributed by atoms with E-state index in [2.05, 4.69) is 266 Å². The van der Waals surface area contributed by atoms with Crippen LogP contribution in [0.2, 0.25) is 0 Å². The minimum absolute atomic E-state index is 1.10. The van der Waals surface area contributed by atoms with Gasteiger partial charge in [-0.3, -0.25) is 0 Å². The number of fused-ring (bicyclic) bond motifs is 7. The van der Waals surface area contributed by atoms with Crippen molar-refractivity contribution < 1.29 is 0 Å². The molecule has 0 bridgehead atoms. The van der Waals surface area contributed by atoms with Crippen LogP contribution in [-0.4, -0.2) is 0 Å². The fourth-order valence-electron chi connectivity index (χ4n) is 10.4. The van der Waals surface area contributed by atoms with Crippen LogP contribution in [0.4, 0.5) is 17.1 Å². The summed E-state index contributed by atoms with van der Waals surface area (Å²) in [7, 11) is 0. The molecular weight excluding hydrogens is 839 g/mol. The van der Waals surface area contributed by atoms with Crippen LogP contribution >= 0.6 is 11.3 Å². The molecule has 0 N–H and O–H groups in total. The minimum Gasteiger partial charge on any atom is -0.310 e. The van der Waals surface area contributed by atoms with Gasteiger partial charge in [0.2, 0.25) is 0 Å². The van der Waals surface area contributed by atoms with E-state index in [1.807, 2.05) is 11.3 Å². The second kappa shape index (κ2) is 16.7. The van der Waals surface area contributed by atoms with E-state index >= 15 is 0 Å². The molecule has 68 heavy (non-hydrogen) atoms. The summed E-state index contributed by atoms with van der Waals surface area (Å²) in [6, 6.07) is 95.8. The van der Waals surface area contributed by atoms with E-state index in [1.165, 1.54) is 103 Å². The lowest BCUT2D eigenvalue weighted by Gasteiger charge is -2.26. The predicted molar refractivity (Wildman–Crippen MR) is 294 cm³/mol. The third-order valence-electron chi connectivity index (χ3n) is 13.7. The summed E-state index contributed by atoms with van der Waals surface area (Å²) in [4.78, 5) is 2.42.